The Hall–Kier alpha value is -1.00. The number of nitrogens with zero attached hydrogens (tertiary/aromatic N) is 1. The second-order valence-corrected chi connectivity index (χ2v) is 4.12. The Balaban J connectivity index is 2.66. The first-order valence-corrected chi connectivity index (χ1v) is 6.13. The summed E-state index contributed by atoms with van der Waals surface area (Å²) in [6.45, 7) is 2.16. The maximum Gasteiger partial charge on any atom is 0.303 e. The molecule has 0 aromatic carbocycles. The average molecular weight is 277 g/mol. The summed E-state index contributed by atoms with van der Waals surface area (Å²) >= 11 is 11.7. The van der Waals surface area contributed by atoms with Gasteiger partial charge in [0.25, 0.3) is 0 Å². The lowest BCUT2D eigenvalue weighted by Crippen LogP contribution is -2.06. The summed E-state index contributed by atoms with van der Waals surface area (Å²) < 4.78 is 4.85. The molecule has 0 amide bonds. The number of halogens is 2. The topological polar surface area (TPSA) is 51.2 Å². The van der Waals surface area contributed by atoms with Gasteiger partial charge in [-0.15, -0.1) is 11.6 Å². The van der Waals surface area contributed by atoms with E-state index in [1.807, 2.05) is 0 Å². The van der Waals surface area contributed by atoms with Crippen molar-refractivity contribution in [3.63, 3.8) is 0 Å². The number of hydrogen-bond donors (Lipinski definition) is 1. The summed E-state index contributed by atoms with van der Waals surface area (Å²) in [6, 6.07) is 1.77. The zero-order valence-electron chi connectivity index (χ0n) is 9.50. The van der Waals surface area contributed by atoms with Gasteiger partial charge < -0.3 is 10.1 Å². The van der Waals surface area contributed by atoms with Crippen LogP contribution in [0.5, 0.6) is 0 Å². The third-order valence-electron chi connectivity index (χ3n) is 2.00. The molecule has 0 spiro atoms. The number of anilines is 1. The second kappa shape index (κ2) is 7.35. The lowest BCUT2D eigenvalue weighted by atomic mass is 10.3. The zero-order chi connectivity index (χ0) is 12.7. The number of ether oxygens (including phenoxy) is 1. The van der Waals surface area contributed by atoms with Gasteiger partial charge in [-0.25, -0.2) is 0 Å². The number of rotatable bonds is 6. The molecule has 1 aromatic rings. The van der Waals surface area contributed by atoms with E-state index in [4.69, 9.17) is 27.9 Å². The van der Waals surface area contributed by atoms with Crippen LogP contribution in [0.25, 0.3) is 0 Å². The monoisotopic (exact) mass is 276 g/mol. The molecule has 0 radical (unpaired) electrons. The van der Waals surface area contributed by atoms with Crippen LogP contribution in [0.1, 0.15) is 19.0 Å². The fourth-order valence-electron chi connectivity index (χ4n) is 1.18. The molecule has 0 bridgehead atoms. The Kier molecular flexibility index (Phi) is 6.08. The first-order valence-electron chi connectivity index (χ1n) is 5.21. The Morgan fingerprint density at radius 3 is 3.00 bits per heavy atom. The van der Waals surface area contributed by atoms with Crippen molar-refractivity contribution in [2.45, 2.75) is 20.0 Å². The van der Waals surface area contributed by atoms with Crippen molar-refractivity contribution in [1.82, 2.24) is 4.98 Å². The molecule has 6 heteroatoms. The van der Waals surface area contributed by atoms with Crippen molar-refractivity contribution < 1.29 is 9.53 Å². The first-order chi connectivity index (χ1) is 8.15. The standard InChI is InChI=1S/C11H14Cl2N2O2/c1-8(16)17-7-10-11(13)9(3-6-15-10)14-5-2-4-12/h3,6H,2,4-5,7H2,1H3,(H,14,15). The van der Waals surface area contributed by atoms with Crippen LogP contribution in [0.15, 0.2) is 12.3 Å². The summed E-state index contributed by atoms with van der Waals surface area (Å²) in [5.41, 5.74) is 1.31. The van der Waals surface area contributed by atoms with Crippen molar-refractivity contribution in [3.05, 3.63) is 23.0 Å². The minimum absolute atomic E-state index is 0.0825. The number of nitrogens with one attached hydrogen (secondary N) is 1. The molecule has 1 N–H and O–H groups in total. The molecule has 0 saturated heterocycles. The first kappa shape index (κ1) is 14.1. The summed E-state index contributed by atoms with van der Waals surface area (Å²) in [7, 11) is 0. The number of alkyl halides is 1. The van der Waals surface area contributed by atoms with Crippen molar-refractivity contribution in [2.75, 3.05) is 17.7 Å². The molecular formula is C11H14Cl2N2O2. The normalized spacial score (nSPS) is 10.1. The van der Waals surface area contributed by atoms with E-state index in [9.17, 15) is 4.79 Å². The van der Waals surface area contributed by atoms with E-state index in [1.54, 1.807) is 12.3 Å². The van der Waals surface area contributed by atoms with Crippen LogP contribution < -0.4 is 5.32 Å². The number of aromatic nitrogens is 1. The SMILES string of the molecule is CC(=O)OCc1nccc(NCCCCl)c1Cl. The highest BCUT2D eigenvalue weighted by Gasteiger charge is 2.08. The molecule has 0 saturated carbocycles. The number of esters is 1. The van der Waals surface area contributed by atoms with E-state index < -0.39 is 0 Å². The quantitative estimate of drug-likeness (QED) is 0.493. The van der Waals surface area contributed by atoms with Crippen LogP contribution >= 0.6 is 23.2 Å². The third-order valence-corrected chi connectivity index (χ3v) is 2.69. The van der Waals surface area contributed by atoms with Crippen LogP contribution in [0.2, 0.25) is 5.02 Å². The smallest absolute Gasteiger partial charge is 0.303 e. The van der Waals surface area contributed by atoms with Gasteiger partial charge in [-0.2, -0.15) is 0 Å². The molecule has 1 heterocycles. The largest absolute Gasteiger partial charge is 0.459 e. The Labute approximate surface area is 110 Å². The average Bonchev–Trinajstić information content (AvgIpc) is 2.30. The van der Waals surface area contributed by atoms with Gasteiger partial charge in [0.1, 0.15) is 6.61 Å². The highest BCUT2D eigenvalue weighted by molar-refractivity contribution is 6.33. The summed E-state index contributed by atoms with van der Waals surface area (Å²) in [6.07, 6.45) is 2.47. The van der Waals surface area contributed by atoms with Gasteiger partial charge in [-0.05, 0) is 12.5 Å². The van der Waals surface area contributed by atoms with E-state index in [0.717, 1.165) is 18.7 Å². The minimum Gasteiger partial charge on any atom is -0.459 e. The molecule has 1 aromatic heterocycles. The predicted molar refractivity (Wildman–Crippen MR) is 68.5 cm³/mol. The van der Waals surface area contributed by atoms with Crippen LogP contribution in [0, 0.1) is 0 Å². The highest BCUT2D eigenvalue weighted by atomic mass is 35.5. The molecule has 0 atom stereocenters. The van der Waals surface area contributed by atoms with E-state index in [0.29, 0.717) is 16.6 Å². The number of carbonyl (C=O) groups is 1. The molecular weight excluding hydrogens is 263 g/mol. The van der Waals surface area contributed by atoms with E-state index >= 15 is 0 Å². The van der Waals surface area contributed by atoms with Crippen molar-refractivity contribution in [2.24, 2.45) is 0 Å². The van der Waals surface area contributed by atoms with Gasteiger partial charge >= 0.3 is 5.97 Å². The van der Waals surface area contributed by atoms with Gasteiger partial charge in [0.05, 0.1) is 16.4 Å². The van der Waals surface area contributed by atoms with Gasteiger partial charge in [-0.3, -0.25) is 9.78 Å². The lowest BCUT2D eigenvalue weighted by molar-refractivity contribution is -0.142. The molecule has 0 fully saturated rings. The van der Waals surface area contributed by atoms with Gasteiger partial charge in [0, 0.05) is 25.5 Å². The van der Waals surface area contributed by atoms with Crippen LogP contribution in [0.4, 0.5) is 5.69 Å². The van der Waals surface area contributed by atoms with Gasteiger partial charge in [-0.1, -0.05) is 11.6 Å². The molecule has 0 aliphatic rings. The Morgan fingerprint density at radius 1 is 1.59 bits per heavy atom. The van der Waals surface area contributed by atoms with E-state index in [-0.39, 0.29) is 12.6 Å². The second-order valence-electron chi connectivity index (χ2n) is 3.37. The molecule has 0 aliphatic heterocycles. The molecule has 0 aliphatic carbocycles. The Bertz CT molecular complexity index is 386. The predicted octanol–water partition coefficient (Wildman–Crippen LogP) is 2.84. The summed E-state index contributed by atoms with van der Waals surface area (Å²) in [5, 5.41) is 3.62. The molecule has 0 unspecified atom stereocenters. The van der Waals surface area contributed by atoms with Gasteiger partial charge in [0.15, 0.2) is 0 Å². The third kappa shape index (κ3) is 4.79. The van der Waals surface area contributed by atoms with Crippen molar-refractivity contribution >= 4 is 34.9 Å². The summed E-state index contributed by atoms with van der Waals surface area (Å²) in [5.74, 6) is 0.235. The van der Waals surface area contributed by atoms with Crippen molar-refractivity contribution in [3.8, 4) is 0 Å². The maximum absolute atomic E-state index is 10.7. The fourth-order valence-corrected chi connectivity index (χ4v) is 1.55. The van der Waals surface area contributed by atoms with Crippen LogP contribution in [-0.2, 0) is 16.1 Å². The minimum atomic E-state index is -0.358. The Morgan fingerprint density at radius 2 is 2.35 bits per heavy atom. The highest BCUT2D eigenvalue weighted by Crippen LogP contribution is 2.24. The number of hydrogen-bond acceptors (Lipinski definition) is 4. The summed E-state index contributed by atoms with van der Waals surface area (Å²) in [4.78, 5) is 14.8. The molecule has 1 rings (SSSR count). The van der Waals surface area contributed by atoms with Crippen molar-refractivity contribution in [1.29, 1.82) is 0 Å². The zero-order valence-corrected chi connectivity index (χ0v) is 11.0. The number of pyridine rings is 1. The fraction of sp³-hybridized carbons (Fsp3) is 0.455. The lowest BCUT2D eigenvalue weighted by Gasteiger charge is -2.10. The maximum atomic E-state index is 10.7. The van der Waals surface area contributed by atoms with Gasteiger partial charge in [0.2, 0.25) is 0 Å². The molecule has 17 heavy (non-hydrogen) atoms. The van der Waals surface area contributed by atoms with Crippen LogP contribution in [-0.4, -0.2) is 23.4 Å². The van der Waals surface area contributed by atoms with E-state index in [1.165, 1.54) is 6.92 Å². The van der Waals surface area contributed by atoms with E-state index in [2.05, 4.69) is 10.3 Å². The molecule has 94 valence electrons. The number of carbonyl (C=O) groups excluding carboxylic acids is 1. The molecule has 4 nitrogen and oxygen atoms in total. The van der Waals surface area contributed by atoms with Crippen LogP contribution in [0.3, 0.4) is 0 Å².